The number of nitrogens with one attached hydrogen (secondary N) is 1. The van der Waals surface area contributed by atoms with Crippen LogP contribution in [0.2, 0.25) is 5.02 Å². The number of rotatable bonds is 2. The second-order valence-corrected chi connectivity index (χ2v) is 4.10. The number of halogens is 1. The molecule has 0 amide bonds. The first-order valence-electron chi connectivity index (χ1n) is 5.04. The average Bonchev–Trinajstić information content (AvgIpc) is 2.25. The lowest BCUT2D eigenvalue weighted by Gasteiger charge is -2.11. The molecular formula is C13H13ClN2. The third kappa shape index (κ3) is 2.28. The third-order valence-electron chi connectivity index (χ3n) is 2.35. The Balaban J connectivity index is 2.31. The molecule has 2 nitrogen and oxygen atoms in total. The van der Waals surface area contributed by atoms with E-state index < -0.39 is 0 Å². The number of hydrogen-bond donors (Lipinski definition) is 2. The molecule has 0 radical (unpaired) electrons. The van der Waals surface area contributed by atoms with E-state index in [0.29, 0.717) is 5.02 Å². The topological polar surface area (TPSA) is 38.0 Å². The molecule has 0 aliphatic rings. The standard InChI is InChI=1S/C13H13ClN2/c1-9-6-7-13(11(15)8-9)16-12-5-3-2-4-10(12)14/h2-8,16H,15H2,1H3. The largest absolute Gasteiger partial charge is 0.397 e. The highest BCUT2D eigenvalue weighted by molar-refractivity contribution is 6.33. The maximum atomic E-state index is 6.05. The van der Waals surface area contributed by atoms with Gasteiger partial charge in [-0.05, 0) is 36.8 Å². The van der Waals surface area contributed by atoms with Crippen molar-refractivity contribution < 1.29 is 0 Å². The van der Waals surface area contributed by atoms with Crippen LogP contribution in [0.3, 0.4) is 0 Å². The highest BCUT2D eigenvalue weighted by Gasteiger charge is 2.02. The molecule has 3 N–H and O–H groups in total. The van der Waals surface area contributed by atoms with Gasteiger partial charge in [0.1, 0.15) is 0 Å². The van der Waals surface area contributed by atoms with E-state index in [1.54, 1.807) is 0 Å². The SMILES string of the molecule is Cc1ccc(Nc2ccccc2Cl)c(N)c1. The van der Waals surface area contributed by atoms with E-state index in [1.165, 1.54) is 0 Å². The smallest absolute Gasteiger partial charge is 0.0640 e. The lowest BCUT2D eigenvalue weighted by Crippen LogP contribution is -1.96. The average molecular weight is 233 g/mol. The highest BCUT2D eigenvalue weighted by atomic mass is 35.5. The van der Waals surface area contributed by atoms with Gasteiger partial charge in [-0.3, -0.25) is 0 Å². The van der Waals surface area contributed by atoms with Crippen molar-refractivity contribution in [3.05, 3.63) is 53.1 Å². The van der Waals surface area contributed by atoms with E-state index in [2.05, 4.69) is 5.32 Å². The normalized spacial score (nSPS) is 10.1. The monoisotopic (exact) mass is 232 g/mol. The Labute approximate surface area is 100 Å². The molecule has 0 unspecified atom stereocenters. The number of nitrogens with two attached hydrogens (primary N) is 1. The summed E-state index contributed by atoms with van der Waals surface area (Å²) in [7, 11) is 0. The molecule has 2 aromatic rings. The second kappa shape index (κ2) is 4.45. The van der Waals surface area contributed by atoms with Crippen molar-refractivity contribution in [1.29, 1.82) is 0 Å². The Morgan fingerprint density at radius 1 is 1.06 bits per heavy atom. The quantitative estimate of drug-likeness (QED) is 0.769. The van der Waals surface area contributed by atoms with Gasteiger partial charge in [0, 0.05) is 0 Å². The molecule has 0 bridgehead atoms. The molecular weight excluding hydrogens is 220 g/mol. The molecule has 0 saturated carbocycles. The molecule has 0 atom stereocenters. The molecule has 3 heteroatoms. The Hall–Kier alpha value is -1.67. The maximum Gasteiger partial charge on any atom is 0.0640 e. The molecule has 0 aliphatic carbocycles. The number of aryl methyl sites for hydroxylation is 1. The molecule has 0 saturated heterocycles. The summed E-state index contributed by atoms with van der Waals surface area (Å²) in [6, 6.07) is 13.5. The van der Waals surface area contributed by atoms with Crippen LogP contribution in [-0.2, 0) is 0 Å². The second-order valence-electron chi connectivity index (χ2n) is 3.70. The van der Waals surface area contributed by atoms with E-state index in [9.17, 15) is 0 Å². The summed E-state index contributed by atoms with van der Waals surface area (Å²) in [5.41, 5.74) is 9.51. The summed E-state index contributed by atoms with van der Waals surface area (Å²) in [5, 5.41) is 3.89. The van der Waals surface area contributed by atoms with Gasteiger partial charge in [-0.2, -0.15) is 0 Å². The molecule has 2 rings (SSSR count). The molecule has 82 valence electrons. The minimum atomic E-state index is 0.683. The fraction of sp³-hybridized carbons (Fsp3) is 0.0769. The van der Waals surface area contributed by atoms with Crippen LogP contribution < -0.4 is 11.1 Å². The highest BCUT2D eigenvalue weighted by Crippen LogP contribution is 2.28. The predicted molar refractivity (Wildman–Crippen MR) is 70.3 cm³/mol. The maximum absolute atomic E-state index is 6.05. The summed E-state index contributed by atoms with van der Waals surface area (Å²) in [6.45, 7) is 2.01. The Kier molecular flexibility index (Phi) is 3.02. The van der Waals surface area contributed by atoms with Crippen LogP contribution in [0, 0.1) is 6.92 Å². The van der Waals surface area contributed by atoms with Crippen LogP contribution in [0.25, 0.3) is 0 Å². The van der Waals surface area contributed by atoms with Gasteiger partial charge in [0.15, 0.2) is 0 Å². The van der Waals surface area contributed by atoms with Crippen molar-refractivity contribution in [2.24, 2.45) is 0 Å². The van der Waals surface area contributed by atoms with Crippen LogP contribution in [0.5, 0.6) is 0 Å². The van der Waals surface area contributed by atoms with Crippen molar-refractivity contribution in [3.8, 4) is 0 Å². The summed E-state index contributed by atoms with van der Waals surface area (Å²) in [5.74, 6) is 0. The molecule has 16 heavy (non-hydrogen) atoms. The van der Waals surface area contributed by atoms with E-state index in [4.69, 9.17) is 17.3 Å². The van der Waals surface area contributed by atoms with Gasteiger partial charge in [-0.1, -0.05) is 29.8 Å². The van der Waals surface area contributed by atoms with Crippen molar-refractivity contribution in [1.82, 2.24) is 0 Å². The van der Waals surface area contributed by atoms with E-state index >= 15 is 0 Å². The fourth-order valence-electron chi connectivity index (χ4n) is 1.50. The van der Waals surface area contributed by atoms with Crippen LogP contribution in [0.4, 0.5) is 17.1 Å². The minimum Gasteiger partial charge on any atom is -0.397 e. The van der Waals surface area contributed by atoms with Crippen molar-refractivity contribution in [2.45, 2.75) is 6.92 Å². The van der Waals surface area contributed by atoms with Gasteiger partial charge in [-0.15, -0.1) is 0 Å². The molecule has 0 aromatic heterocycles. The fourth-order valence-corrected chi connectivity index (χ4v) is 1.69. The van der Waals surface area contributed by atoms with E-state index in [-0.39, 0.29) is 0 Å². The van der Waals surface area contributed by atoms with Gasteiger partial charge in [0.25, 0.3) is 0 Å². The first kappa shape index (κ1) is 10.8. The van der Waals surface area contributed by atoms with Gasteiger partial charge >= 0.3 is 0 Å². The molecule has 0 heterocycles. The van der Waals surface area contributed by atoms with Crippen LogP contribution in [0.15, 0.2) is 42.5 Å². The molecule has 0 aliphatic heterocycles. The zero-order valence-electron chi connectivity index (χ0n) is 9.00. The summed E-state index contributed by atoms with van der Waals surface area (Å²) < 4.78 is 0. The Morgan fingerprint density at radius 2 is 1.81 bits per heavy atom. The summed E-state index contributed by atoms with van der Waals surface area (Å²) >= 11 is 6.05. The van der Waals surface area contributed by atoms with E-state index in [1.807, 2.05) is 49.4 Å². The lowest BCUT2D eigenvalue weighted by atomic mass is 10.2. The molecule has 0 fully saturated rings. The first-order valence-corrected chi connectivity index (χ1v) is 5.42. The van der Waals surface area contributed by atoms with E-state index in [0.717, 1.165) is 22.6 Å². The molecule has 0 spiro atoms. The van der Waals surface area contributed by atoms with Gasteiger partial charge < -0.3 is 11.1 Å². The van der Waals surface area contributed by atoms with Crippen molar-refractivity contribution in [3.63, 3.8) is 0 Å². The Morgan fingerprint density at radius 3 is 2.50 bits per heavy atom. The molecule has 2 aromatic carbocycles. The third-order valence-corrected chi connectivity index (χ3v) is 2.68. The van der Waals surface area contributed by atoms with Crippen LogP contribution >= 0.6 is 11.6 Å². The van der Waals surface area contributed by atoms with Gasteiger partial charge in [0.05, 0.1) is 22.1 Å². The van der Waals surface area contributed by atoms with Crippen LogP contribution in [-0.4, -0.2) is 0 Å². The first-order chi connectivity index (χ1) is 7.66. The number of hydrogen-bond acceptors (Lipinski definition) is 2. The van der Waals surface area contributed by atoms with Gasteiger partial charge in [-0.25, -0.2) is 0 Å². The predicted octanol–water partition coefficient (Wildman–Crippen LogP) is 3.97. The lowest BCUT2D eigenvalue weighted by molar-refractivity contribution is 1.45. The Bertz CT molecular complexity index is 509. The summed E-state index contributed by atoms with van der Waals surface area (Å²) in [4.78, 5) is 0. The number of anilines is 3. The number of benzene rings is 2. The van der Waals surface area contributed by atoms with Crippen molar-refractivity contribution >= 4 is 28.7 Å². The minimum absolute atomic E-state index is 0.683. The van der Waals surface area contributed by atoms with Crippen molar-refractivity contribution in [2.75, 3.05) is 11.1 Å². The zero-order valence-corrected chi connectivity index (χ0v) is 9.75. The number of nitrogen functional groups attached to an aromatic ring is 1. The van der Waals surface area contributed by atoms with Gasteiger partial charge in [0.2, 0.25) is 0 Å². The zero-order chi connectivity index (χ0) is 11.5. The van der Waals surface area contributed by atoms with Crippen LogP contribution in [0.1, 0.15) is 5.56 Å². The number of para-hydroxylation sites is 1. The summed E-state index contributed by atoms with van der Waals surface area (Å²) in [6.07, 6.45) is 0.